The van der Waals surface area contributed by atoms with Crippen LogP contribution in [0, 0.1) is 0 Å². The number of rotatable bonds is 3. The van der Waals surface area contributed by atoms with Crippen molar-refractivity contribution < 1.29 is 9.90 Å². The number of carbonyl (C=O) groups is 1. The van der Waals surface area contributed by atoms with Crippen molar-refractivity contribution >= 4 is 11.6 Å². The normalized spacial score (nSPS) is 19.4. The van der Waals surface area contributed by atoms with Crippen LogP contribution in [0.25, 0.3) is 0 Å². The molecule has 0 bridgehead atoms. The Hall–Kier alpha value is -1.62. The van der Waals surface area contributed by atoms with Gasteiger partial charge in [-0.05, 0) is 18.9 Å². The molecule has 17 heavy (non-hydrogen) atoms. The third-order valence-corrected chi connectivity index (χ3v) is 3.17. The van der Waals surface area contributed by atoms with Crippen molar-refractivity contribution in [2.24, 2.45) is 0 Å². The molecule has 0 aromatic carbocycles. The second-order valence-electron chi connectivity index (χ2n) is 4.15. The molecule has 0 aliphatic carbocycles. The number of nitrogens with zero attached hydrogens (tertiary/aromatic N) is 2. The molecule has 1 aromatic heterocycles. The highest BCUT2D eigenvalue weighted by Crippen LogP contribution is 2.22. The van der Waals surface area contributed by atoms with E-state index in [4.69, 9.17) is 0 Å². The van der Waals surface area contributed by atoms with E-state index in [2.05, 4.69) is 10.3 Å². The fourth-order valence-corrected chi connectivity index (χ4v) is 2.23. The van der Waals surface area contributed by atoms with Gasteiger partial charge in [-0.15, -0.1) is 0 Å². The SMILES string of the molecule is CNc1ccncc1C(=O)N1CCCC1CO. The average molecular weight is 235 g/mol. The van der Waals surface area contributed by atoms with Gasteiger partial charge >= 0.3 is 0 Å². The number of pyridine rings is 1. The number of anilines is 1. The smallest absolute Gasteiger partial charge is 0.257 e. The van der Waals surface area contributed by atoms with E-state index in [0.717, 1.165) is 18.5 Å². The summed E-state index contributed by atoms with van der Waals surface area (Å²) in [5.41, 5.74) is 1.34. The summed E-state index contributed by atoms with van der Waals surface area (Å²) in [7, 11) is 1.78. The van der Waals surface area contributed by atoms with Crippen LogP contribution >= 0.6 is 0 Å². The molecule has 2 heterocycles. The van der Waals surface area contributed by atoms with E-state index in [0.29, 0.717) is 12.1 Å². The van der Waals surface area contributed by atoms with Crippen molar-refractivity contribution in [1.29, 1.82) is 0 Å². The molecule has 1 aliphatic rings. The minimum Gasteiger partial charge on any atom is -0.394 e. The van der Waals surface area contributed by atoms with Crippen LogP contribution in [-0.4, -0.2) is 47.1 Å². The van der Waals surface area contributed by atoms with E-state index in [1.54, 1.807) is 30.4 Å². The number of amides is 1. The van der Waals surface area contributed by atoms with Gasteiger partial charge in [0.25, 0.3) is 5.91 Å². The van der Waals surface area contributed by atoms with Crippen LogP contribution in [0.3, 0.4) is 0 Å². The highest BCUT2D eigenvalue weighted by Gasteiger charge is 2.29. The van der Waals surface area contributed by atoms with Gasteiger partial charge in [0.1, 0.15) is 0 Å². The van der Waals surface area contributed by atoms with Crippen molar-refractivity contribution in [3.05, 3.63) is 24.0 Å². The molecule has 0 saturated carbocycles. The second kappa shape index (κ2) is 5.14. The number of likely N-dealkylation sites (tertiary alicyclic amines) is 1. The van der Waals surface area contributed by atoms with Gasteiger partial charge in [-0.1, -0.05) is 0 Å². The summed E-state index contributed by atoms with van der Waals surface area (Å²) < 4.78 is 0. The third-order valence-electron chi connectivity index (χ3n) is 3.17. The van der Waals surface area contributed by atoms with Crippen LogP contribution in [0.4, 0.5) is 5.69 Å². The molecule has 2 N–H and O–H groups in total. The number of hydrogen-bond acceptors (Lipinski definition) is 4. The van der Waals surface area contributed by atoms with E-state index in [1.165, 1.54) is 0 Å². The lowest BCUT2D eigenvalue weighted by atomic mass is 10.2. The predicted octanol–water partition coefficient (Wildman–Crippen LogP) is 0.720. The van der Waals surface area contributed by atoms with E-state index in [-0.39, 0.29) is 18.6 Å². The van der Waals surface area contributed by atoms with E-state index < -0.39 is 0 Å². The van der Waals surface area contributed by atoms with E-state index in [1.807, 2.05) is 0 Å². The fourth-order valence-electron chi connectivity index (χ4n) is 2.23. The Bertz CT molecular complexity index is 408. The molecule has 0 spiro atoms. The quantitative estimate of drug-likeness (QED) is 0.810. The molecule has 1 unspecified atom stereocenters. The van der Waals surface area contributed by atoms with Crippen molar-refractivity contribution in [3.8, 4) is 0 Å². The standard InChI is InChI=1S/C12H17N3O2/c1-13-11-4-5-14-7-10(11)12(17)15-6-2-3-9(15)8-16/h4-5,7,9,16H,2-3,6,8H2,1H3,(H,13,14). The molecular formula is C12H17N3O2. The van der Waals surface area contributed by atoms with Crippen molar-refractivity contribution in [2.45, 2.75) is 18.9 Å². The maximum atomic E-state index is 12.3. The van der Waals surface area contributed by atoms with Gasteiger partial charge in [-0.2, -0.15) is 0 Å². The topological polar surface area (TPSA) is 65.5 Å². The largest absolute Gasteiger partial charge is 0.394 e. The molecule has 1 fully saturated rings. The van der Waals surface area contributed by atoms with Gasteiger partial charge in [0.2, 0.25) is 0 Å². The molecule has 92 valence electrons. The van der Waals surface area contributed by atoms with Crippen LogP contribution in [0.1, 0.15) is 23.2 Å². The Labute approximate surface area is 100 Å². The van der Waals surface area contributed by atoms with Crippen LogP contribution in [-0.2, 0) is 0 Å². The highest BCUT2D eigenvalue weighted by atomic mass is 16.3. The monoisotopic (exact) mass is 235 g/mol. The lowest BCUT2D eigenvalue weighted by molar-refractivity contribution is 0.0678. The summed E-state index contributed by atoms with van der Waals surface area (Å²) in [6, 6.07) is 1.73. The molecule has 1 aromatic rings. The first-order valence-electron chi connectivity index (χ1n) is 5.81. The summed E-state index contributed by atoms with van der Waals surface area (Å²) in [5.74, 6) is -0.0565. The Morgan fingerprint density at radius 2 is 2.53 bits per heavy atom. The molecule has 1 saturated heterocycles. The van der Waals surface area contributed by atoms with Gasteiger partial charge in [-0.3, -0.25) is 9.78 Å². The molecule has 1 amide bonds. The molecular weight excluding hydrogens is 218 g/mol. The zero-order valence-corrected chi connectivity index (χ0v) is 9.89. The van der Waals surface area contributed by atoms with Crippen LogP contribution in [0.15, 0.2) is 18.5 Å². The second-order valence-corrected chi connectivity index (χ2v) is 4.15. The minimum absolute atomic E-state index is 0.0287. The van der Waals surface area contributed by atoms with Crippen molar-refractivity contribution in [1.82, 2.24) is 9.88 Å². The zero-order valence-electron chi connectivity index (χ0n) is 9.89. The number of hydrogen-bond donors (Lipinski definition) is 2. The Kier molecular flexibility index (Phi) is 3.58. The van der Waals surface area contributed by atoms with Gasteiger partial charge in [0.15, 0.2) is 0 Å². The summed E-state index contributed by atoms with van der Waals surface area (Å²) in [4.78, 5) is 18.1. The molecule has 1 aliphatic heterocycles. The van der Waals surface area contributed by atoms with Gasteiger partial charge in [-0.25, -0.2) is 0 Å². The Balaban J connectivity index is 2.24. The zero-order chi connectivity index (χ0) is 12.3. The highest BCUT2D eigenvalue weighted by molar-refractivity contribution is 5.99. The number of nitrogens with one attached hydrogen (secondary N) is 1. The van der Waals surface area contributed by atoms with Crippen LogP contribution in [0.5, 0.6) is 0 Å². The maximum absolute atomic E-state index is 12.3. The van der Waals surface area contributed by atoms with Crippen molar-refractivity contribution in [3.63, 3.8) is 0 Å². The number of aromatic nitrogens is 1. The van der Waals surface area contributed by atoms with Gasteiger partial charge in [0, 0.05) is 31.7 Å². The predicted molar refractivity (Wildman–Crippen MR) is 64.9 cm³/mol. The molecule has 0 radical (unpaired) electrons. The minimum atomic E-state index is -0.0565. The molecule has 1 atom stereocenters. The summed E-state index contributed by atoms with van der Waals surface area (Å²) >= 11 is 0. The first kappa shape index (κ1) is 11.9. The third kappa shape index (κ3) is 2.24. The molecule has 5 heteroatoms. The fraction of sp³-hybridized carbons (Fsp3) is 0.500. The van der Waals surface area contributed by atoms with Crippen LogP contribution in [0.2, 0.25) is 0 Å². The lowest BCUT2D eigenvalue weighted by Crippen LogP contribution is -2.37. The Morgan fingerprint density at radius 3 is 3.24 bits per heavy atom. The molecule has 2 rings (SSSR count). The summed E-state index contributed by atoms with van der Waals surface area (Å²) in [6.45, 7) is 0.739. The lowest BCUT2D eigenvalue weighted by Gasteiger charge is -2.23. The van der Waals surface area contributed by atoms with Gasteiger partial charge < -0.3 is 15.3 Å². The Morgan fingerprint density at radius 1 is 1.71 bits per heavy atom. The number of aliphatic hydroxyl groups excluding tert-OH is 1. The van der Waals surface area contributed by atoms with E-state index in [9.17, 15) is 9.90 Å². The average Bonchev–Trinajstić information content (AvgIpc) is 2.86. The number of aliphatic hydroxyl groups is 1. The van der Waals surface area contributed by atoms with E-state index >= 15 is 0 Å². The van der Waals surface area contributed by atoms with Gasteiger partial charge in [0.05, 0.1) is 18.2 Å². The van der Waals surface area contributed by atoms with Crippen molar-refractivity contribution in [2.75, 3.05) is 25.5 Å². The number of carbonyl (C=O) groups excluding carboxylic acids is 1. The summed E-state index contributed by atoms with van der Waals surface area (Å²) in [6.07, 6.45) is 5.04. The maximum Gasteiger partial charge on any atom is 0.257 e. The first-order chi connectivity index (χ1) is 8.27. The molecule has 5 nitrogen and oxygen atoms in total. The first-order valence-corrected chi connectivity index (χ1v) is 5.81. The summed E-state index contributed by atoms with van der Waals surface area (Å²) in [5, 5.41) is 12.2. The van der Waals surface area contributed by atoms with Crippen LogP contribution < -0.4 is 5.32 Å².